The van der Waals surface area contributed by atoms with Crippen LogP contribution in [0.5, 0.6) is 0 Å². The normalized spacial score (nSPS) is 11.0. The molecule has 0 bridgehead atoms. The molecule has 4 rings (SSSR count). The average molecular weight is 326 g/mol. The Morgan fingerprint density at radius 3 is 2.28 bits per heavy atom. The van der Waals surface area contributed by atoms with Crippen LogP contribution in [0.3, 0.4) is 0 Å². The van der Waals surface area contributed by atoms with Crippen molar-refractivity contribution in [1.82, 2.24) is 9.55 Å². The zero-order valence-electron chi connectivity index (χ0n) is 14.2. The first-order chi connectivity index (χ1) is 12.1. The first-order valence-electron chi connectivity index (χ1n) is 8.30. The van der Waals surface area contributed by atoms with Gasteiger partial charge >= 0.3 is 0 Å². The maximum Gasteiger partial charge on any atom is 0.266 e. The van der Waals surface area contributed by atoms with Gasteiger partial charge in [0.15, 0.2) is 0 Å². The zero-order valence-corrected chi connectivity index (χ0v) is 14.2. The van der Waals surface area contributed by atoms with Crippen molar-refractivity contribution in [2.75, 3.05) is 0 Å². The highest BCUT2D eigenvalue weighted by atomic mass is 16.1. The molecular weight excluding hydrogens is 308 g/mol. The third-order valence-corrected chi connectivity index (χ3v) is 4.56. The van der Waals surface area contributed by atoms with Gasteiger partial charge in [0.05, 0.1) is 16.6 Å². The van der Waals surface area contributed by atoms with Gasteiger partial charge in [-0.15, -0.1) is 0 Å². The SMILES string of the molecule is Cc1ccc(-c2nc3ccccc3c(=O)n2-c2ccccc2)cc1C. The standard InChI is InChI=1S/C22H18N2O/c1-15-12-13-17(14-16(15)2)21-23-20-11-7-6-10-19(20)22(25)24(21)18-8-4-3-5-9-18/h3-14H,1-2H3. The van der Waals surface area contributed by atoms with Crippen molar-refractivity contribution < 1.29 is 0 Å². The molecule has 0 radical (unpaired) electrons. The lowest BCUT2D eigenvalue weighted by Crippen LogP contribution is -2.21. The van der Waals surface area contributed by atoms with Crippen LogP contribution in [0.1, 0.15) is 11.1 Å². The van der Waals surface area contributed by atoms with Gasteiger partial charge in [-0.25, -0.2) is 4.98 Å². The molecule has 0 amide bonds. The maximum atomic E-state index is 13.2. The molecule has 3 aromatic carbocycles. The molecule has 1 aromatic heterocycles. The topological polar surface area (TPSA) is 34.9 Å². The van der Waals surface area contributed by atoms with Gasteiger partial charge in [0.2, 0.25) is 0 Å². The van der Waals surface area contributed by atoms with Gasteiger partial charge in [-0.1, -0.05) is 42.5 Å². The Bertz CT molecular complexity index is 1130. The molecule has 0 N–H and O–H groups in total. The van der Waals surface area contributed by atoms with E-state index in [1.54, 1.807) is 4.57 Å². The van der Waals surface area contributed by atoms with Gasteiger partial charge in [0.1, 0.15) is 5.82 Å². The van der Waals surface area contributed by atoms with Gasteiger partial charge in [-0.2, -0.15) is 0 Å². The molecule has 3 heteroatoms. The van der Waals surface area contributed by atoms with Crippen molar-refractivity contribution in [3.8, 4) is 17.1 Å². The number of aryl methyl sites for hydroxylation is 2. The fraction of sp³-hybridized carbons (Fsp3) is 0.0909. The summed E-state index contributed by atoms with van der Waals surface area (Å²) in [6, 6.07) is 23.4. The van der Waals surface area contributed by atoms with Crippen molar-refractivity contribution in [2.24, 2.45) is 0 Å². The Hall–Kier alpha value is -3.20. The van der Waals surface area contributed by atoms with Crippen molar-refractivity contribution in [1.29, 1.82) is 0 Å². The largest absolute Gasteiger partial charge is 0.268 e. The van der Waals surface area contributed by atoms with E-state index in [2.05, 4.69) is 26.0 Å². The van der Waals surface area contributed by atoms with E-state index in [-0.39, 0.29) is 5.56 Å². The summed E-state index contributed by atoms with van der Waals surface area (Å²) in [7, 11) is 0. The molecule has 3 nitrogen and oxygen atoms in total. The highest BCUT2D eigenvalue weighted by Crippen LogP contribution is 2.24. The lowest BCUT2D eigenvalue weighted by Gasteiger charge is -2.14. The summed E-state index contributed by atoms with van der Waals surface area (Å²) >= 11 is 0. The van der Waals surface area contributed by atoms with E-state index in [4.69, 9.17) is 4.98 Å². The highest BCUT2D eigenvalue weighted by Gasteiger charge is 2.14. The van der Waals surface area contributed by atoms with Crippen molar-refractivity contribution >= 4 is 10.9 Å². The highest BCUT2D eigenvalue weighted by molar-refractivity contribution is 5.80. The lowest BCUT2D eigenvalue weighted by atomic mass is 10.1. The smallest absolute Gasteiger partial charge is 0.266 e. The quantitative estimate of drug-likeness (QED) is 0.536. The molecule has 0 aliphatic rings. The van der Waals surface area contributed by atoms with Crippen LogP contribution < -0.4 is 5.56 Å². The Balaban J connectivity index is 2.11. The van der Waals surface area contributed by atoms with E-state index >= 15 is 0 Å². The van der Waals surface area contributed by atoms with Crippen LogP contribution in [0.15, 0.2) is 77.6 Å². The summed E-state index contributed by atoms with van der Waals surface area (Å²) < 4.78 is 1.70. The predicted octanol–water partition coefficient (Wildman–Crippen LogP) is 4.67. The molecule has 0 fully saturated rings. The molecule has 0 aliphatic heterocycles. The number of aromatic nitrogens is 2. The molecule has 0 saturated heterocycles. The Morgan fingerprint density at radius 1 is 0.800 bits per heavy atom. The summed E-state index contributed by atoms with van der Waals surface area (Å²) in [5.41, 5.74) is 4.82. The maximum absolute atomic E-state index is 13.2. The van der Waals surface area contributed by atoms with E-state index in [0.717, 1.165) is 11.3 Å². The molecule has 0 atom stereocenters. The molecule has 4 aromatic rings. The van der Waals surface area contributed by atoms with Gasteiger partial charge in [0, 0.05) is 5.56 Å². The number of rotatable bonds is 2. The summed E-state index contributed by atoms with van der Waals surface area (Å²) in [6.45, 7) is 4.15. The minimum Gasteiger partial charge on any atom is -0.268 e. The number of hydrogen-bond donors (Lipinski definition) is 0. The third kappa shape index (κ3) is 2.64. The van der Waals surface area contributed by atoms with Crippen LogP contribution in [0, 0.1) is 13.8 Å². The van der Waals surface area contributed by atoms with E-state index in [1.165, 1.54) is 11.1 Å². The first kappa shape index (κ1) is 15.3. The number of para-hydroxylation sites is 2. The summed E-state index contributed by atoms with van der Waals surface area (Å²) in [5.74, 6) is 0.665. The van der Waals surface area contributed by atoms with Gasteiger partial charge in [-0.05, 0) is 55.3 Å². The van der Waals surface area contributed by atoms with Crippen LogP contribution in [0.2, 0.25) is 0 Å². The van der Waals surface area contributed by atoms with Crippen LogP contribution >= 0.6 is 0 Å². The monoisotopic (exact) mass is 326 g/mol. The molecule has 0 aliphatic carbocycles. The van der Waals surface area contributed by atoms with Gasteiger partial charge in [-0.3, -0.25) is 9.36 Å². The number of hydrogen-bond acceptors (Lipinski definition) is 2. The predicted molar refractivity (Wildman–Crippen MR) is 102 cm³/mol. The molecule has 1 heterocycles. The first-order valence-corrected chi connectivity index (χ1v) is 8.30. The average Bonchev–Trinajstić information content (AvgIpc) is 2.64. The molecule has 25 heavy (non-hydrogen) atoms. The van der Waals surface area contributed by atoms with Crippen LogP contribution in [0.4, 0.5) is 0 Å². The Labute approximate surface area is 146 Å². The van der Waals surface area contributed by atoms with Gasteiger partial charge < -0.3 is 0 Å². The fourth-order valence-corrected chi connectivity index (χ4v) is 3.02. The molecule has 0 unspecified atom stereocenters. The Morgan fingerprint density at radius 2 is 1.52 bits per heavy atom. The van der Waals surface area contributed by atoms with E-state index < -0.39 is 0 Å². The second-order valence-corrected chi connectivity index (χ2v) is 6.23. The summed E-state index contributed by atoms with van der Waals surface area (Å²) in [4.78, 5) is 18.0. The molecule has 122 valence electrons. The van der Waals surface area contributed by atoms with Crippen molar-refractivity contribution in [3.05, 3.63) is 94.3 Å². The number of fused-ring (bicyclic) bond motifs is 1. The van der Waals surface area contributed by atoms with E-state index in [9.17, 15) is 4.79 Å². The number of benzene rings is 3. The van der Waals surface area contributed by atoms with E-state index in [0.29, 0.717) is 16.7 Å². The summed E-state index contributed by atoms with van der Waals surface area (Å²) in [6.07, 6.45) is 0. The Kier molecular flexibility index (Phi) is 3.69. The van der Waals surface area contributed by atoms with E-state index in [1.807, 2.05) is 60.7 Å². The zero-order chi connectivity index (χ0) is 17.4. The molecule has 0 spiro atoms. The molecule has 0 saturated carbocycles. The minimum absolute atomic E-state index is 0.0509. The summed E-state index contributed by atoms with van der Waals surface area (Å²) in [5, 5.41) is 0.624. The second kappa shape index (κ2) is 6.02. The second-order valence-electron chi connectivity index (χ2n) is 6.23. The molecular formula is C22H18N2O. The minimum atomic E-state index is -0.0509. The van der Waals surface area contributed by atoms with Crippen molar-refractivity contribution in [2.45, 2.75) is 13.8 Å². The lowest BCUT2D eigenvalue weighted by molar-refractivity contribution is 0.975. The van der Waals surface area contributed by atoms with Crippen molar-refractivity contribution in [3.63, 3.8) is 0 Å². The number of nitrogens with zero attached hydrogens (tertiary/aromatic N) is 2. The third-order valence-electron chi connectivity index (χ3n) is 4.56. The van der Waals surface area contributed by atoms with Crippen LogP contribution in [-0.2, 0) is 0 Å². The fourth-order valence-electron chi connectivity index (χ4n) is 3.02. The van der Waals surface area contributed by atoms with Crippen LogP contribution in [-0.4, -0.2) is 9.55 Å². The van der Waals surface area contributed by atoms with Gasteiger partial charge in [0.25, 0.3) is 5.56 Å². The van der Waals surface area contributed by atoms with Crippen LogP contribution in [0.25, 0.3) is 28.0 Å².